The van der Waals surface area contributed by atoms with Crippen molar-refractivity contribution < 1.29 is 23.2 Å². The minimum atomic E-state index is -3.37. The van der Waals surface area contributed by atoms with Crippen molar-refractivity contribution in [3.05, 3.63) is 52.1 Å². The van der Waals surface area contributed by atoms with Crippen LogP contribution in [0.5, 0.6) is 5.75 Å². The fourth-order valence-corrected chi connectivity index (χ4v) is 5.87. The Bertz CT molecular complexity index is 1100. The van der Waals surface area contributed by atoms with Gasteiger partial charge in [-0.25, -0.2) is 4.99 Å². The first kappa shape index (κ1) is 26.9. The maximum atomic E-state index is 14.9. The largest absolute Gasteiger partial charge is 0.611 e. The number of rotatable bonds is 11. The van der Waals surface area contributed by atoms with Crippen molar-refractivity contribution in [1.29, 1.82) is 0 Å². The van der Waals surface area contributed by atoms with E-state index in [2.05, 4.69) is 10.3 Å². The zero-order valence-electron chi connectivity index (χ0n) is 21.2. The Balaban J connectivity index is 1.67. The minimum Gasteiger partial charge on any atom is -0.611 e. The number of allylic oxidation sites excluding steroid dienone is 4. The number of aliphatic imine (C=N–C) groups is 1. The molecule has 6 nitrogen and oxygen atoms in total. The van der Waals surface area contributed by atoms with Gasteiger partial charge in [-0.15, -0.1) is 0 Å². The van der Waals surface area contributed by atoms with Crippen molar-refractivity contribution in [3.8, 4) is 5.75 Å². The number of nitrogens with zero attached hydrogens (tertiary/aromatic N) is 2. The predicted octanol–water partition coefficient (Wildman–Crippen LogP) is 5.41. The fraction of sp³-hybridized carbons (Fsp3) is 0.519. The molecule has 2 heterocycles. The Hall–Kier alpha value is -2.20. The van der Waals surface area contributed by atoms with Gasteiger partial charge in [0, 0.05) is 25.2 Å². The van der Waals surface area contributed by atoms with Crippen LogP contribution in [0.15, 0.2) is 46.0 Å². The van der Waals surface area contributed by atoms with Gasteiger partial charge in [0.25, 0.3) is 0 Å². The number of aliphatic hydroxyl groups excluding tert-OH is 1. The van der Waals surface area contributed by atoms with Crippen LogP contribution in [0.3, 0.4) is 0 Å². The van der Waals surface area contributed by atoms with Gasteiger partial charge >= 0.3 is 6.11 Å². The van der Waals surface area contributed by atoms with Crippen LogP contribution < -0.4 is 10.1 Å². The summed E-state index contributed by atoms with van der Waals surface area (Å²) < 4.78 is 47.7. The molecule has 0 amide bonds. The molecule has 1 aromatic carbocycles. The lowest BCUT2D eigenvalue weighted by molar-refractivity contribution is -0.182. The highest BCUT2D eigenvalue weighted by atomic mass is 32.2. The highest BCUT2D eigenvalue weighted by Gasteiger charge is 2.39. The third-order valence-corrected chi connectivity index (χ3v) is 8.21. The molecule has 2 atom stereocenters. The summed E-state index contributed by atoms with van der Waals surface area (Å²) in [6, 6.07) is 3.46. The Labute approximate surface area is 215 Å². The van der Waals surface area contributed by atoms with Crippen LogP contribution in [0.1, 0.15) is 63.5 Å². The summed E-state index contributed by atoms with van der Waals surface area (Å²) in [5.74, 6) is 1.32. The second-order valence-corrected chi connectivity index (χ2v) is 11.1. The van der Waals surface area contributed by atoms with E-state index in [-0.39, 0.29) is 24.8 Å². The van der Waals surface area contributed by atoms with E-state index >= 15 is 0 Å². The normalized spacial score (nSPS) is 20.1. The average Bonchev–Trinajstić information content (AvgIpc) is 3.25. The third-order valence-electron chi connectivity index (χ3n) is 6.88. The number of halogens is 2. The van der Waals surface area contributed by atoms with Crippen LogP contribution >= 0.6 is 0 Å². The quantitative estimate of drug-likeness (QED) is 0.382. The van der Waals surface area contributed by atoms with Crippen molar-refractivity contribution >= 4 is 28.3 Å². The van der Waals surface area contributed by atoms with E-state index in [1.165, 1.54) is 0 Å². The molecule has 3 aliphatic rings. The molecule has 1 aliphatic carbocycles. The number of aliphatic hydroxyl groups is 1. The maximum absolute atomic E-state index is 14.9. The third kappa shape index (κ3) is 5.85. The molecule has 1 aromatic rings. The predicted molar refractivity (Wildman–Crippen MR) is 142 cm³/mol. The minimum absolute atomic E-state index is 0.0655. The van der Waals surface area contributed by atoms with E-state index in [4.69, 9.17) is 9.84 Å². The van der Waals surface area contributed by atoms with Crippen LogP contribution in [-0.4, -0.2) is 58.5 Å². The lowest BCUT2D eigenvalue weighted by atomic mass is 9.84. The number of hydrogen-bond donors (Lipinski definition) is 2. The monoisotopic (exact) mass is 519 g/mol. The van der Waals surface area contributed by atoms with Crippen LogP contribution in [-0.2, 0) is 11.2 Å². The van der Waals surface area contributed by atoms with Crippen LogP contribution in [0, 0.1) is 0 Å². The van der Waals surface area contributed by atoms with Crippen molar-refractivity contribution in [2.24, 2.45) is 4.99 Å². The van der Waals surface area contributed by atoms with Gasteiger partial charge in [-0.1, -0.05) is 18.6 Å². The van der Waals surface area contributed by atoms with E-state index < -0.39 is 23.7 Å². The molecular weight excluding hydrogens is 484 g/mol. The molecular formula is C27H35F2N3O3S. The molecule has 0 spiro atoms. The summed E-state index contributed by atoms with van der Waals surface area (Å²) in [5, 5.41) is 12.4. The SMILES string of the molecule is CCN(CCO)CCC(F)(F)Oc1ccc(C2=CC([S+]([O-])CC)=CCC2)c2c1NC1=NC=C(C)CC12. The number of nitrogens with one attached hydrogen (secondary N) is 1. The molecule has 2 N–H and O–H groups in total. The van der Waals surface area contributed by atoms with Gasteiger partial charge in [0.05, 0.1) is 18.7 Å². The lowest BCUT2D eigenvalue weighted by Crippen LogP contribution is -2.34. The molecule has 0 saturated heterocycles. The maximum Gasteiger partial charge on any atom is 0.399 e. The molecule has 0 fully saturated rings. The number of hydrogen-bond acceptors (Lipinski definition) is 6. The van der Waals surface area contributed by atoms with Crippen molar-refractivity contribution in [2.75, 3.05) is 37.3 Å². The van der Waals surface area contributed by atoms with Gasteiger partial charge in [0.2, 0.25) is 0 Å². The van der Waals surface area contributed by atoms with E-state index in [1.54, 1.807) is 11.0 Å². The van der Waals surface area contributed by atoms with Gasteiger partial charge < -0.3 is 24.6 Å². The second-order valence-electron chi connectivity index (χ2n) is 9.37. The molecule has 2 unspecified atom stereocenters. The van der Waals surface area contributed by atoms with Gasteiger partial charge in [0.15, 0.2) is 0 Å². The van der Waals surface area contributed by atoms with Crippen LogP contribution in [0.4, 0.5) is 14.5 Å². The van der Waals surface area contributed by atoms with Gasteiger partial charge in [-0.05, 0) is 85.7 Å². The average molecular weight is 520 g/mol. The summed E-state index contributed by atoms with van der Waals surface area (Å²) >= 11 is -1.05. The molecule has 0 radical (unpaired) electrons. The Morgan fingerprint density at radius 2 is 2.11 bits per heavy atom. The van der Waals surface area contributed by atoms with Crippen molar-refractivity contribution in [2.45, 2.75) is 58.5 Å². The van der Waals surface area contributed by atoms with Crippen LogP contribution in [0.25, 0.3) is 5.57 Å². The summed E-state index contributed by atoms with van der Waals surface area (Å²) in [6.07, 6.45) is 4.30. The van der Waals surface area contributed by atoms with E-state index in [0.717, 1.165) is 52.3 Å². The van der Waals surface area contributed by atoms with Crippen molar-refractivity contribution in [3.63, 3.8) is 0 Å². The Kier molecular flexibility index (Phi) is 8.55. The van der Waals surface area contributed by atoms with E-state index in [0.29, 0.717) is 24.5 Å². The number of likely N-dealkylation sites (N-methyl/N-ethyl adjacent to an activating group) is 1. The first-order valence-corrected chi connectivity index (χ1v) is 13.9. The number of benzene rings is 1. The highest BCUT2D eigenvalue weighted by Crippen LogP contribution is 2.49. The highest BCUT2D eigenvalue weighted by molar-refractivity contribution is 7.95. The summed E-state index contributed by atoms with van der Waals surface area (Å²) in [7, 11) is 0. The summed E-state index contributed by atoms with van der Waals surface area (Å²) in [6.45, 7) is 6.76. The molecule has 196 valence electrons. The first-order chi connectivity index (χ1) is 17.3. The van der Waals surface area contributed by atoms with Gasteiger partial charge in [0.1, 0.15) is 22.2 Å². The topological polar surface area (TPSA) is 80.2 Å². The number of anilines is 1. The Morgan fingerprint density at radius 1 is 1.31 bits per heavy atom. The molecule has 0 saturated carbocycles. The summed E-state index contributed by atoms with van der Waals surface area (Å²) in [5.41, 5.74) is 4.60. The van der Waals surface area contributed by atoms with Gasteiger partial charge in [-0.2, -0.15) is 8.78 Å². The van der Waals surface area contributed by atoms with Gasteiger partial charge in [-0.3, -0.25) is 0 Å². The molecule has 0 bridgehead atoms. The number of amidine groups is 1. The Morgan fingerprint density at radius 3 is 2.83 bits per heavy atom. The standard InChI is InChI=1S/C27H35F2N3O3S/c1-4-32(13-14-33)12-11-27(28,29)35-23-10-9-21(19-7-6-8-20(16-19)36(34)5-2)24-22-15-18(3)17-30-26(22)31-25(23)24/h8-10,16-17,22,33H,4-7,11-15H2,1-3H3,(H,30,31). The molecule has 4 rings (SSSR count). The second kappa shape index (κ2) is 11.5. The molecule has 0 aromatic heterocycles. The molecule has 9 heteroatoms. The van der Waals surface area contributed by atoms with Crippen LogP contribution in [0.2, 0.25) is 0 Å². The van der Waals surface area contributed by atoms with E-state index in [9.17, 15) is 13.3 Å². The molecule has 2 aliphatic heterocycles. The lowest BCUT2D eigenvalue weighted by Gasteiger charge is -2.25. The number of ether oxygens (including phenoxy) is 1. The molecule has 36 heavy (non-hydrogen) atoms. The first-order valence-electron chi connectivity index (χ1n) is 12.6. The zero-order valence-corrected chi connectivity index (χ0v) is 22.0. The number of alkyl halides is 2. The van der Waals surface area contributed by atoms with E-state index in [1.807, 2.05) is 45.2 Å². The summed E-state index contributed by atoms with van der Waals surface area (Å²) in [4.78, 5) is 7.14. The number of fused-ring (bicyclic) bond motifs is 3. The zero-order chi connectivity index (χ0) is 25.9. The smallest absolute Gasteiger partial charge is 0.399 e. The van der Waals surface area contributed by atoms with Crippen molar-refractivity contribution in [1.82, 2.24) is 4.90 Å². The fourth-order valence-electron chi connectivity index (χ4n) is 4.96.